The molecule has 2 atom stereocenters. The van der Waals surface area contributed by atoms with Gasteiger partial charge in [0.05, 0.1) is 6.61 Å². The molecule has 19 heavy (non-hydrogen) atoms. The molecule has 0 aromatic carbocycles. The van der Waals surface area contributed by atoms with Crippen molar-refractivity contribution >= 4 is 11.6 Å². The molecule has 2 unspecified atom stereocenters. The standard InChI is InChI=1S/C14H19ClN2O2/c1-10-5-3-4-6-11(10)8-19-14-7-12(15)16-13(17-14)9-18-2/h3-4,7,10-11H,5-6,8-9H2,1-2H3. The number of halogens is 1. The number of aromatic nitrogens is 2. The van der Waals surface area contributed by atoms with Crippen LogP contribution in [0.2, 0.25) is 5.15 Å². The van der Waals surface area contributed by atoms with E-state index in [1.54, 1.807) is 13.2 Å². The normalized spacial score (nSPS) is 22.5. The molecule has 0 amide bonds. The zero-order valence-corrected chi connectivity index (χ0v) is 12.1. The highest BCUT2D eigenvalue weighted by Gasteiger charge is 2.19. The molecule has 4 nitrogen and oxygen atoms in total. The molecule has 0 saturated carbocycles. The second-order valence-electron chi connectivity index (χ2n) is 4.87. The molecule has 1 aromatic heterocycles. The van der Waals surface area contributed by atoms with Crippen LogP contribution < -0.4 is 4.74 Å². The number of allylic oxidation sites excluding steroid dienone is 2. The van der Waals surface area contributed by atoms with Crippen LogP contribution >= 0.6 is 11.6 Å². The SMILES string of the molecule is COCc1nc(Cl)cc(OCC2CC=CCC2C)n1. The number of hydrogen-bond donors (Lipinski definition) is 0. The smallest absolute Gasteiger partial charge is 0.218 e. The van der Waals surface area contributed by atoms with Crippen LogP contribution in [0.15, 0.2) is 18.2 Å². The highest BCUT2D eigenvalue weighted by Crippen LogP contribution is 2.26. The Balaban J connectivity index is 1.96. The number of ether oxygens (including phenoxy) is 2. The van der Waals surface area contributed by atoms with Crippen molar-refractivity contribution in [1.29, 1.82) is 0 Å². The van der Waals surface area contributed by atoms with E-state index in [2.05, 4.69) is 29.0 Å². The minimum atomic E-state index is 0.333. The van der Waals surface area contributed by atoms with Gasteiger partial charge in [-0.05, 0) is 24.7 Å². The zero-order chi connectivity index (χ0) is 13.7. The molecule has 0 N–H and O–H groups in total. The van der Waals surface area contributed by atoms with E-state index in [4.69, 9.17) is 21.1 Å². The lowest BCUT2D eigenvalue weighted by molar-refractivity contribution is 0.171. The average Bonchev–Trinajstić information content (AvgIpc) is 2.37. The third kappa shape index (κ3) is 4.18. The van der Waals surface area contributed by atoms with E-state index < -0.39 is 0 Å². The fourth-order valence-electron chi connectivity index (χ4n) is 2.14. The number of nitrogens with zero attached hydrogens (tertiary/aromatic N) is 2. The van der Waals surface area contributed by atoms with Crippen molar-refractivity contribution in [2.45, 2.75) is 26.4 Å². The van der Waals surface area contributed by atoms with Gasteiger partial charge in [-0.25, -0.2) is 4.98 Å². The lowest BCUT2D eigenvalue weighted by atomic mass is 9.85. The Morgan fingerprint density at radius 1 is 1.32 bits per heavy atom. The van der Waals surface area contributed by atoms with Crippen molar-refractivity contribution in [3.63, 3.8) is 0 Å². The first kappa shape index (κ1) is 14.3. The molecule has 0 spiro atoms. The monoisotopic (exact) mass is 282 g/mol. The summed E-state index contributed by atoms with van der Waals surface area (Å²) in [6.45, 7) is 3.24. The lowest BCUT2D eigenvalue weighted by Crippen LogP contribution is -2.21. The first-order valence-electron chi connectivity index (χ1n) is 6.49. The summed E-state index contributed by atoms with van der Waals surface area (Å²) in [5.41, 5.74) is 0. The molecule has 1 aromatic rings. The summed E-state index contributed by atoms with van der Waals surface area (Å²) >= 11 is 5.94. The Kier molecular flexibility index (Phi) is 5.16. The third-order valence-corrected chi connectivity index (χ3v) is 3.55. The van der Waals surface area contributed by atoms with Crippen LogP contribution in [0.4, 0.5) is 0 Å². The Morgan fingerprint density at radius 3 is 2.84 bits per heavy atom. The predicted octanol–water partition coefficient (Wildman–Crippen LogP) is 3.26. The summed E-state index contributed by atoms with van der Waals surface area (Å²) in [6.07, 6.45) is 6.63. The number of rotatable bonds is 5. The van der Waals surface area contributed by atoms with Crippen molar-refractivity contribution in [3.8, 4) is 5.88 Å². The van der Waals surface area contributed by atoms with Crippen molar-refractivity contribution in [2.75, 3.05) is 13.7 Å². The van der Waals surface area contributed by atoms with E-state index >= 15 is 0 Å². The van der Waals surface area contributed by atoms with Crippen LogP contribution in [0.3, 0.4) is 0 Å². The van der Waals surface area contributed by atoms with Gasteiger partial charge in [-0.2, -0.15) is 4.98 Å². The van der Waals surface area contributed by atoms with E-state index in [0.717, 1.165) is 12.8 Å². The van der Waals surface area contributed by atoms with E-state index in [1.165, 1.54) is 0 Å². The van der Waals surface area contributed by atoms with Gasteiger partial charge in [-0.15, -0.1) is 0 Å². The van der Waals surface area contributed by atoms with Gasteiger partial charge in [-0.3, -0.25) is 0 Å². The van der Waals surface area contributed by atoms with Crippen LogP contribution in [0, 0.1) is 11.8 Å². The largest absolute Gasteiger partial charge is 0.477 e. The Hall–Kier alpha value is -1.13. The lowest BCUT2D eigenvalue weighted by Gasteiger charge is -2.24. The Bertz CT molecular complexity index is 451. The molecule has 1 aliphatic carbocycles. The molecular weight excluding hydrogens is 264 g/mol. The van der Waals surface area contributed by atoms with E-state index in [1.807, 2.05) is 0 Å². The maximum Gasteiger partial charge on any atom is 0.218 e. The van der Waals surface area contributed by atoms with Crippen LogP contribution in [0.25, 0.3) is 0 Å². The average molecular weight is 283 g/mol. The molecule has 1 aliphatic rings. The van der Waals surface area contributed by atoms with Gasteiger partial charge in [0, 0.05) is 13.2 Å². The molecular formula is C14H19ClN2O2. The van der Waals surface area contributed by atoms with Crippen molar-refractivity contribution in [2.24, 2.45) is 11.8 Å². The van der Waals surface area contributed by atoms with Crippen LogP contribution in [0.5, 0.6) is 5.88 Å². The quantitative estimate of drug-likeness (QED) is 0.614. The summed E-state index contributed by atoms with van der Waals surface area (Å²) in [5.74, 6) is 2.24. The van der Waals surface area contributed by atoms with Gasteiger partial charge in [0.1, 0.15) is 11.8 Å². The minimum Gasteiger partial charge on any atom is -0.477 e. The van der Waals surface area contributed by atoms with Gasteiger partial charge in [-0.1, -0.05) is 30.7 Å². The summed E-state index contributed by atoms with van der Waals surface area (Å²) < 4.78 is 10.8. The Morgan fingerprint density at radius 2 is 2.11 bits per heavy atom. The first-order valence-corrected chi connectivity index (χ1v) is 6.87. The number of hydrogen-bond acceptors (Lipinski definition) is 4. The second-order valence-corrected chi connectivity index (χ2v) is 5.26. The maximum atomic E-state index is 5.94. The van der Waals surface area contributed by atoms with Crippen molar-refractivity contribution in [1.82, 2.24) is 9.97 Å². The van der Waals surface area contributed by atoms with Gasteiger partial charge in [0.25, 0.3) is 0 Å². The molecule has 0 radical (unpaired) electrons. The molecule has 5 heteroatoms. The van der Waals surface area contributed by atoms with Gasteiger partial charge in [0.2, 0.25) is 5.88 Å². The Labute approximate surface area is 118 Å². The van der Waals surface area contributed by atoms with Gasteiger partial charge >= 0.3 is 0 Å². The summed E-state index contributed by atoms with van der Waals surface area (Å²) in [7, 11) is 1.60. The van der Waals surface area contributed by atoms with Crippen molar-refractivity contribution in [3.05, 3.63) is 29.2 Å². The fraction of sp³-hybridized carbons (Fsp3) is 0.571. The molecule has 2 rings (SSSR count). The molecule has 0 saturated heterocycles. The first-order chi connectivity index (χ1) is 9.19. The molecule has 0 fully saturated rings. The molecule has 1 heterocycles. The molecule has 104 valence electrons. The number of methoxy groups -OCH3 is 1. The molecule has 0 bridgehead atoms. The summed E-state index contributed by atoms with van der Waals surface area (Å²) in [6, 6.07) is 1.64. The second kappa shape index (κ2) is 6.87. The predicted molar refractivity (Wildman–Crippen MR) is 74.3 cm³/mol. The van der Waals surface area contributed by atoms with E-state index in [0.29, 0.717) is 41.9 Å². The minimum absolute atomic E-state index is 0.333. The van der Waals surface area contributed by atoms with Gasteiger partial charge < -0.3 is 9.47 Å². The highest BCUT2D eigenvalue weighted by atomic mass is 35.5. The highest BCUT2D eigenvalue weighted by molar-refractivity contribution is 6.29. The van der Waals surface area contributed by atoms with E-state index in [9.17, 15) is 0 Å². The summed E-state index contributed by atoms with van der Waals surface area (Å²) in [4.78, 5) is 8.34. The van der Waals surface area contributed by atoms with Crippen LogP contribution in [0.1, 0.15) is 25.6 Å². The summed E-state index contributed by atoms with van der Waals surface area (Å²) in [5, 5.41) is 0.383. The third-order valence-electron chi connectivity index (χ3n) is 3.35. The van der Waals surface area contributed by atoms with Crippen LogP contribution in [-0.4, -0.2) is 23.7 Å². The van der Waals surface area contributed by atoms with Crippen LogP contribution in [-0.2, 0) is 11.3 Å². The maximum absolute atomic E-state index is 5.94. The molecule has 0 aliphatic heterocycles. The fourth-order valence-corrected chi connectivity index (χ4v) is 2.33. The topological polar surface area (TPSA) is 44.2 Å². The van der Waals surface area contributed by atoms with Gasteiger partial charge in [0.15, 0.2) is 5.82 Å². The van der Waals surface area contributed by atoms with E-state index in [-0.39, 0.29) is 0 Å². The zero-order valence-electron chi connectivity index (χ0n) is 11.3. The van der Waals surface area contributed by atoms with Crippen molar-refractivity contribution < 1.29 is 9.47 Å².